The molecule has 1 atom stereocenters. The Morgan fingerprint density at radius 1 is 1.40 bits per heavy atom. The van der Waals surface area contributed by atoms with E-state index in [9.17, 15) is 4.79 Å². The number of carbonyl (C=O) groups is 1. The number of hydrogen-bond acceptors (Lipinski definition) is 2. The second-order valence-electron chi connectivity index (χ2n) is 3.86. The van der Waals surface area contributed by atoms with E-state index in [-0.39, 0.29) is 5.91 Å². The second kappa shape index (κ2) is 4.34. The van der Waals surface area contributed by atoms with Crippen LogP contribution in [-0.4, -0.2) is 18.1 Å². The zero-order chi connectivity index (χ0) is 10.7. The van der Waals surface area contributed by atoms with Crippen molar-refractivity contribution in [2.75, 3.05) is 0 Å². The number of carbonyl (C=O) groups excluding carboxylic acids is 1. The minimum atomic E-state index is -0.423. The lowest BCUT2D eigenvalue weighted by Crippen LogP contribution is -2.37. The Hall–Kier alpha value is -1.51. The van der Waals surface area contributed by atoms with Gasteiger partial charge in [-0.2, -0.15) is 0 Å². The second-order valence-corrected chi connectivity index (χ2v) is 3.86. The molecule has 0 bridgehead atoms. The predicted octanol–water partition coefficient (Wildman–Crippen LogP) is 1.73. The molecular weight excluding hydrogens is 190 g/mol. The maximum absolute atomic E-state index is 11.6. The van der Waals surface area contributed by atoms with Crippen molar-refractivity contribution in [3.8, 4) is 5.75 Å². The predicted molar refractivity (Wildman–Crippen MR) is 57.7 cm³/mol. The van der Waals surface area contributed by atoms with Crippen LogP contribution in [0.15, 0.2) is 30.3 Å². The quantitative estimate of drug-likeness (QED) is 0.813. The van der Waals surface area contributed by atoms with E-state index in [1.165, 1.54) is 0 Å². The summed E-state index contributed by atoms with van der Waals surface area (Å²) in [6.45, 7) is 1.77. The zero-order valence-corrected chi connectivity index (χ0v) is 8.77. The molecule has 80 valence electrons. The van der Waals surface area contributed by atoms with Gasteiger partial charge in [0.25, 0.3) is 5.91 Å². The summed E-state index contributed by atoms with van der Waals surface area (Å²) in [6.07, 6.45) is 1.78. The van der Waals surface area contributed by atoms with Gasteiger partial charge in [-0.05, 0) is 31.9 Å². The molecule has 3 heteroatoms. The summed E-state index contributed by atoms with van der Waals surface area (Å²) in [5.74, 6) is 0.706. The average molecular weight is 205 g/mol. The first-order valence-corrected chi connectivity index (χ1v) is 5.28. The molecule has 0 spiro atoms. The van der Waals surface area contributed by atoms with Crippen molar-refractivity contribution in [1.29, 1.82) is 0 Å². The molecule has 0 unspecified atom stereocenters. The monoisotopic (exact) mass is 205 g/mol. The number of nitrogens with one attached hydrogen (secondary N) is 1. The minimum Gasteiger partial charge on any atom is -0.481 e. The highest BCUT2D eigenvalue weighted by atomic mass is 16.5. The van der Waals surface area contributed by atoms with Gasteiger partial charge in [-0.3, -0.25) is 4.79 Å². The van der Waals surface area contributed by atoms with Gasteiger partial charge in [0.15, 0.2) is 6.10 Å². The number of rotatable bonds is 4. The number of para-hydroxylation sites is 1. The van der Waals surface area contributed by atoms with Crippen molar-refractivity contribution < 1.29 is 9.53 Å². The van der Waals surface area contributed by atoms with E-state index in [2.05, 4.69) is 5.32 Å². The van der Waals surface area contributed by atoms with E-state index < -0.39 is 6.10 Å². The third kappa shape index (κ3) is 2.98. The topological polar surface area (TPSA) is 38.3 Å². The fourth-order valence-electron chi connectivity index (χ4n) is 1.30. The van der Waals surface area contributed by atoms with Gasteiger partial charge in [0.2, 0.25) is 0 Å². The molecule has 0 aliphatic heterocycles. The van der Waals surface area contributed by atoms with Crippen LogP contribution in [0.25, 0.3) is 0 Å². The van der Waals surface area contributed by atoms with Crippen LogP contribution in [0, 0.1) is 0 Å². The van der Waals surface area contributed by atoms with Crippen LogP contribution in [0.3, 0.4) is 0 Å². The van der Waals surface area contributed by atoms with Crippen molar-refractivity contribution in [2.45, 2.75) is 31.9 Å². The lowest BCUT2D eigenvalue weighted by Gasteiger charge is -2.14. The van der Waals surface area contributed by atoms with Gasteiger partial charge in [-0.1, -0.05) is 18.2 Å². The van der Waals surface area contributed by atoms with Gasteiger partial charge >= 0.3 is 0 Å². The Balaban J connectivity index is 1.85. The Kier molecular flexibility index (Phi) is 2.90. The summed E-state index contributed by atoms with van der Waals surface area (Å²) in [5.41, 5.74) is 0. The van der Waals surface area contributed by atoms with Crippen LogP contribution in [0.4, 0.5) is 0 Å². The Labute approximate surface area is 89.4 Å². The molecule has 1 aliphatic rings. The van der Waals surface area contributed by atoms with Gasteiger partial charge in [0.1, 0.15) is 5.75 Å². The van der Waals surface area contributed by atoms with E-state index >= 15 is 0 Å². The highest BCUT2D eigenvalue weighted by molar-refractivity contribution is 5.81. The molecule has 1 saturated carbocycles. The summed E-state index contributed by atoms with van der Waals surface area (Å²) in [6, 6.07) is 9.78. The maximum atomic E-state index is 11.6. The van der Waals surface area contributed by atoms with Crippen LogP contribution < -0.4 is 10.1 Å². The van der Waals surface area contributed by atoms with Crippen molar-refractivity contribution in [3.05, 3.63) is 30.3 Å². The number of benzene rings is 1. The van der Waals surface area contributed by atoms with Gasteiger partial charge < -0.3 is 10.1 Å². The molecular formula is C12H15NO2. The minimum absolute atomic E-state index is 0.0265. The Morgan fingerprint density at radius 2 is 2.07 bits per heavy atom. The molecule has 0 heterocycles. The highest BCUT2D eigenvalue weighted by Crippen LogP contribution is 2.19. The van der Waals surface area contributed by atoms with E-state index in [4.69, 9.17) is 4.74 Å². The molecule has 1 amide bonds. The third-order valence-electron chi connectivity index (χ3n) is 2.35. The third-order valence-corrected chi connectivity index (χ3v) is 2.35. The van der Waals surface area contributed by atoms with E-state index in [0.29, 0.717) is 6.04 Å². The molecule has 1 fully saturated rings. The Bertz CT molecular complexity index is 333. The Morgan fingerprint density at radius 3 is 2.67 bits per heavy atom. The standard InChI is InChI=1S/C12H15NO2/c1-9(12(14)13-10-7-8-10)15-11-5-3-2-4-6-11/h2-6,9-10H,7-8H2,1H3,(H,13,14)/t9-/m1/s1. The first-order valence-electron chi connectivity index (χ1n) is 5.28. The van der Waals surface area contributed by atoms with Crippen molar-refractivity contribution in [2.24, 2.45) is 0 Å². The lowest BCUT2D eigenvalue weighted by atomic mass is 10.3. The normalized spacial score (nSPS) is 16.9. The lowest BCUT2D eigenvalue weighted by molar-refractivity contribution is -0.127. The molecule has 1 aromatic carbocycles. The summed E-state index contributed by atoms with van der Waals surface area (Å²) < 4.78 is 5.49. The molecule has 1 aromatic rings. The molecule has 0 aromatic heterocycles. The largest absolute Gasteiger partial charge is 0.481 e. The van der Waals surface area contributed by atoms with E-state index in [1.54, 1.807) is 6.92 Å². The van der Waals surface area contributed by atoms with Gasteiger partial charge in [-0.25, -0.2) is 0 Å². The summed E-state index contributed by atoms with van der Waals surface area (Å²) in [4.78, 5) is 11.6. The van der Waals surface area contributed by atoms with E-state index in [1.807, 2.05) is 30.3 Å². The molecule has 0 saturated heterocycles. The fraction of sp³-hybridized carbons (Fsp3) is 0.417. The number of ether oxygens (including phenoxy) is 1. The number of amides is 1. The molecule has 1 aliphatic carbocycles. The molecule has 1 N–H and O–H groups in total. The molecule has 2 rings (SSSR count). The first-order chi connectivity index (χ1) is 7.25. The van der Waals surface area contributed by atoms with Gasteiger partial charge in [-0.15, -0.1) is 0 Å². The van der Waals surface area contributed by atoms with Gasteiger partial charge in [0, 0.05) is 6.04 Å². The fourth-order valence-corrected chi connectivity index (χ4v) is 1.30. The maximum Gasteiger partial charge on any atom is 0.260 e. The van der Waals surface area contributed by atoms with Crippen LogP contribution in [-0.2, 0) is 4.79 Å². The van der Waals surface area contributed by atoms with Crippen LogP contribution in [0.2, 0.25) is 0 Å². The highest BCUT2D eigenvalue weighted by Gasteiger charge is 2.26. The molecule has 15 heavy (non-hydrogen) atoms. The average Bonchev–Trinajstić information content (AvgIpc) is 3.03. The smallest absolute Gasteiger partial charge is 0.260 e. The van der Waals surface area contributed by atoms with Crippen LogP contribution in [0.5, 0.6) is 5.75 Å². The van der Waals surface area contributed by atoms with Crippen LogP contribution in [0.1, 0.15) is 19.8 Å². The van der Waals surface area contributed by atoms with Crippen molar-refractivity contribution >= 4 is 5.91 Å². The van der Waals surface area contributed by atoms with E-state index in [0.717, 1.165) is 18.6 Å². The molecule has 0 radical (unpaired) electrons. The first kappa shape index (κ1) is 10.0. The summed E-state index contributed by atoms with van der Waals surface area (Å²) in [7, 11) is 0. The SMILES string of the molecule is C[C@@H](Oc1ccccc1)C(=O)NC1CC1. The van der Waals surface area contributed by atoms with Crippen LogP contribution >= 0.6 is 0 Å². The molecule has 3 nitrogen and oxygen atoms in total. The summed E-state index contributed by atoms with van der Waals surface area (Å²) in [5, 5.41) is 2.91. The zero-order valence-electron chi connectivity index (χ0n) is 8.77. The van der Waals surface area contributed by atoms with Crippen molar-refractivity contribution in [1.82, 2.24) is 5.32 Å². The summed E-state index contributed by atoms with van der Waals surface area (Å²) >= 11 is 0. The van der Waals surface area contributed by atoms with Gasteiger partial charge in [0.05, 0.1) is 0 Å². The number of hydrogen-bond donors (Lipinski definition) is 1. The van der Waals surface area contributed by atoms with Crippen molar-refractivity contribution in [3.63, 3.8) is 0 Å².